The van der Waals surface area contributed by atoms with E-state index in [4.69, 9.17) is 0 Å². The number of nitrogens with zero attached hydrogens (tertiary/aromatic N) is 4. The summed E-state index contributed by atoms with van der Waals surface area (Å²) in [5.41, 5.74) is 2.66. The van der Waals surface area contributed by atoms with Crippen LogP contribution in [0.3, 0.4) is 0 Å². The Morgan fingerprint density at radius 3 is 2.30 bits per heavy atom. The van der Waals surface area contributed by atoms with Crippen LogP contribution in [0.2, 0.25) is 0 Å². The van der Waals surface area contributed by atoms with Gasteiger partial charge in [-0.1, -0.05) is 0 Å². The van der Waals surface area contributed by atoms with Crippen molar-refractivity contribution in [2.45, 2.75) is 74.0 Å². The summed E-state index contributed by atoms with van der Waals surface area (Å²) in [4.78, 5) is 8.99. The Kier molecular flexibility index (Phi) is 4.78. The van der Waals surface area contributed by atoms with Crippen molar-refractivity contribution in [3.63, 3.8) is 0 Å². The standard InChI is InChI=1S/C21H25IN4O2P2/c22-20-7-8-23-21(25-20)30(28,17-5-6-17)19-10-13(19)9-14-11-18(12-24-26-14)29(27,15-1-2-15)16-3-4-16/h7-8,11-13,15-17,19H,1-6,9-10H2. The summed E-state index contributed by atoms with van der Waals surface area (Å²) < 4.78 is 28.8. The van der Waals surface area contributed by atoms with E-state index in [1.54, 1.807) is 12.4 Å². The molecule has 6 rings (SSSR count). The van der Waals surface area contributed by atoms with Gasteiger partial charge in [0.15, 0.2) is 12.7 Å². The molecule has 4 aliphatic carbocycles. The van der Waals surface area contributed by atoms with E-state index in [0.717, 1.165) is 66.1 Å². The highest BCUT2D eigenvalue weighted by Gasteiger charge is 2.59. The Morgan fingerprint density at radius 2 is 1.67 bits per heavy atom. The molecule has 158 valence electrons. The van der Waals surface area contributed by atoms with E-state index in [2.05, 4.69) is 48.8 Å². The minimum Gasteiger partial charge on any atom is -0.318 e. The minimum atomic E-state index is -2.60. The highest BCUT2D eigenvalue weighted by atomic mass is 127. The molecule has 3 atom stereocenters. The maximum absolute atomic E-state index is 14.1. The molecule has 0 aliphatic heterocycles. The van der Waals surface area contributed by atoms with Gasteiger partial charge in [-0.2, -0.15) is 10.2 Å². The first-order valence-electron chi connectivity index (χ1n) is 11.0. The molecule has 0 saturated heterocycles. The fraction of sp³-hybridized carbons (Fsp3) is 0.619. The molecule has 2 heterocycles. The molecule has 0 aromatic carbocycles. The molecule has 0 bridgehead atoms. The number of halogens is 1. The summed E-state index contributed by atoms with van der Waals surface area (Å²) in [7, 11) is -4.93. The van der Waals surface area contributed by atoms with Crippen molar-refractivity contribution in [2.75, 3.05) is 0 Å². The molecule has 0 radical (unpaired) electrons. The first kappa shape index (κ1) is 20.0. The first-order valence-corrected chi connectivity index (χ1v) is 15.8. The molecule has 0 N–H and O–H groups in total. The van der Waals surface area contributed by atoms with Crippen molar-refractivity contribution in [3.05, 3.63) is 33.9 Å². The maximum atomic E-state index is 14.1. The van der Waals surface area contributed by atoms with Gasteiger partial charge in [0, 0.05) is 34.1 Å². The Morgan fingerprint density at radius 1 is 1.00 bits per heavy atom. The monoisotopic (exact) mass is 554 g/mol. The van der Waals surface area contributed by atoms with Crippen molar-refractivity contribution in [1.29, 1.82) is 0 Å². The van der Waals surface area contributed by atoms with Crippen molar-refractivity contribution < 1.29 is 9.13 Å². The number of aromatic nitrogens is 4. The third-order valence-corrected chi connectivity index (χ3v) is 16.0. The molecular formula is C21H25IN4O2P2. The average molecular weight is 554 g/mol. The van der Waals surface area contributed by atoms with Crippen LogP contribution >= 0.6 is 36.9 Å². The maximum Gasteiger partial charge on any atom is 0.190 e. The molecule has 2 aromatic heterocycles. The summed E-state index contributed by atoms with van der Waals surface area (Å²) in [6.07, 6.45) is 11.6. The summed E-state index contributed by atoms with van der Waals surface area (Å²) in [6, 6.07) is 3.91. The third kappa shape index (κ3) is 3.44. The van der Waals surface area contributed by atoms with Crippen LogP contribution in [0.5, 0.6) is 0 Å². The topological polar surface area (TPSA) is 85.7 Å². The largest absolute Gasteiger partial charge is 0.318 e. The van der Waals surface area contributed by atoms with E-state index >= 15 is 0 Å². The van der Waals surface area contributed by atoms with Crippen LogP contribution in [0, 0.1) is 9.62 Å². The van der Waals surface area contributed by atoms with Crippen LogP contribution in [0.4, 0.5) is 0 Å². The van der Waals surface area contributed by atoms with Crippen LogP contribution in [0.15, 0.2) is 24.5 Å². The smallest absolute Gasteiger partial charge is 0.190 e. The molecule has 4 fully saturated rings. The Bertz CT molecular complexity index is 1080. The predicted octanol–water partition coefficient (Wildman–Crippen LogP) is 3.97. The number of hydrogen-bond donors (Lipinski definition) is 0. The lowest BCUT2D eigenvalue weighted by Crippen LogP contribution is -2.21. The number of hydrogen-bond acceptors (Lipinski definition) is 6. The highest BCUT2D eigenvalue weighted by Crippen LogP contribution is 2.71. The molecule has 30 heavy (non-hydrogen) atoms. The zero-order chi connectivity index (χ0) is 20.5. The second kappa shape index (κ2) is 7.18. The van der Waals surface area contributed by atoms with Gasteiger partial charge < -0.3 is 9.13 Å². The third-order valence-electron chi connectivity index (χ3n) is 7.13. The fourth-order valence-corrected chi connectivity index (χ4v) is 13.4. The van der Waals surface area contributed by atoms with Crippen LogP contribution in [-0.4, -0.2) is 42.8 Å². The quantitative estimate of drug-likeness (QED) is 0.279. The second-order valence-electron chi connectivity index (χ2n) is 9.46. The molecule has 4 aliphatic rings. The summed E-state index contributed by atoms with van der Waals surface area (Å²) in [6.45, 7) is 0. The summed E-state index contributed by atoms with van der Waals surface area (Å²) in [5.74, 6) is 0.337. The van der Waals surface area contributed by atoms with Crippen molar-refractivity contribution in [3.8, 4) is 0 Å². The second-order valence-corrected chi connectivity index (χ2v) is 17.2. The van der Waals surface area contributed by atoms with E-state index in [1.807, 2.05) is 6.07 Å². The van der Waals surface area contributed by atoms with E-state index in [9.17, 15) is 9.13 Å². The highest BCUT2D eigenvalue weighted by molar-refractivity contribution is 14.1. The molecule has 3 unspecified atom stereocenters. The normalized spacial score (nSPS) is 28.2. The van der Waals surface area contributed by atoms with E-state index < -0.39 is 14.3 Å². The lowest BCUT2D eigenvalue weighted by atomic mass is 10.2. The molecule has 4 saturated carbocycles. The molecular weight excluding hydrogens is 529 g/mol. The predicted molar refractivity (Wildman–Crippen MR) is 126 cm³/mol. The van der Waals surface area contributed by atoms with Crippen LogP contribution in [0.25, 0.3) is 0 Å². The molecule has 0 spiro atoms. The van der Waals surface area contributed by atoms with Gasteiger partial charge in [0.2, 0.25) is 0 Å². The lowest BCUT2D eigenvalue weighted by molar-refractivity contribution is 0.575. The molecule has 0 amide bonds. The fourth-order valence-electron chi connectivity index (χ4n) is 5.05. The van der Waals surface area contributed by atoms with Crippen LogP contribution in [0.1, 0.15) is 50.6 Å². The van der Waals surface area contributed by atoms with Crippen molar-refractivity contribution in [2.24, 2.45) is 5.92 Å². The van der Waals surface area contributed by atoms with Gasteiger partial charge in [-0.25, -0.2) is 9.97 Å². The van der Waals surface area contributed by atoms with Crippen LogP contribution in [-0.2, 0) is 15.6 Å². The molecule has 9 heteroatoms. The number of rotatable bonds is 8. The zero-order valence-electron chi connectivity index (χ0n) is 16.7. The van der Waals surface area contributed by atoms with Crippen molar-refractivity contribution >= 4 is 47.7 Å². The van der Waals surface area contributed by atoms with E-state index in [-0.39, 0.29) is 11.3 Å². The van der Waals surface area contributed by atoms with E-state index in [1.165, 1.54) is 0 Å². The van der Waals surface area contributed by atoms with Gasteiger partial charge in [0.25, 0.3) is 0 Å². The molecule has 2 aromatic rings. The van der Waals surface area contributed by atoms with Gasteiger partial charge in [-0.3, -0.25) is 0 Å². The van der Waals surface area contributed by atoms with Gasteiger partial charge in [-0.05, 0) is 92.0 Å². The Hall–Kier alpha value is -0.650. The average Bonchev–Trinajstić information content (AvgIpc) is 3.56. The minimum absolute atomic E-state index is 0.160. The Labute approximate surface area is 190 Å². The van der Waals surface area contributed by atoms with E-state index in [0.29, 0.717) is 22.8 Å². The zero-order valence-corrected chi connectivity index (χ0v) is 20.7. The van der Waals surface area contributed by atoms with Gasteiger partial charge in [0.1, 0.15) is 10.8 Å². The lowest BCUT2D eigenvalue weighted by Gasteiger charge is -2.18. The first-order chi connectivity index (χ1) is 14.5. The molecule has 6 nitrogen and oxygen atoms in total. The van der Waals surface area contributed by atoms with Crippen molar-refractivity contribution in [1.82, 2.24) is 20.2 Å². The SMILES string of the molecule is O=P(c1cnnc(CC2CC2P(=O)(c2nccc(I)n2)C2CC2)c1)(C1CC1)C1CC1. The van der Waals surface area contributed by atoms with Gasteiger partial charge >= 0.3 is 0 Å². The van der Waals surface area contributed by atoms with Gasteiger partial charge in [0.05, 0.1) is 11.9 Å². The summed E-state index contributed by atoms with van der Waals surface area (Å²) >= 11 is 2.17. The summed E-state index contributed by atoms with van der Waals surface area (Å²) in [5, 5.41) is 9.55. The Balaban J connectivity index is 1.23. The van der Waals surface area contributed by atoms with Crippen LogP contribution < -0.4 is 10.9 Å². The van der Waals surface area contributed by atoms with Gasteiger partial charge in [-0.15, -0.1) is 0 Å².